The van der Waals surface area contributed by atoms with Crippen molar-refractivity contribution in [2.24, 2.45) is 5.92 Å². The average molecular weight is 171 g/mol. The van der Waals surface area contributed by atoms with Crippen molar-refractivity contribution in [2.45, 2.75) is 39.2 Å². The molecule has 1 aliphatic rings. The number of hydrogen-bond acceptors (Lipinski definition) is 2. The van der Waals surface area contributed by atoms with Crippen LogP contribution in [-0.4, -0.2) is 25.8 Å². The maximum atomic E-state index is 5.50. The highest BCUT2D eigenvalue weighted by Gasteiger charge is 2.20. The molecule has 0 bridgehead atoms. The fourth-order valence-corrected chi connectivity index (χ4v) is 1.10. The Kier molecular flexibility index (Phi) is 4.62. The molecule has 0 radical (unpaired) electrons. The fraction of sp³-hybridized carbons (Fsp3) is 1.00. The summed E-state index contributed by atoms with van der Waals surface area (Å²) in [5, 5.41) is 3.37. The molecule has 72 valence electrons. The molecule has 0 aliphatic heterocycles. The minimum Gasteiger partial charge on any atom is -0.381 e. The third-order valence-corrected chi connectivity index (χ3v) is 2.07. The zero-order valence-corrected chi connectivity index (χ0v) is 8.31. The molecule has 1 saturated carbocycles. The van der Waals surface area contributed by atoms with E-state index in [1.54, 1.807) is 0 Å². The van der Waals surface area contributed by atoms with Crippen LogP contribution in [0.5, 0.6) is 0 Å². The van der Waals surface area contributed by atoms with E-state index in [2.05, 4.69) is 19.2 Å². The SMILES string of the molecule is CC(C)NCCCOCC1CC1. The summed E-state index contributed by atoms with van der Waals surface area (Å²) in [6, 6.07) is 0.605. The topological polar surface area (TPSA) is 21.3 Å². The van der Waals surface area contributed by atoms with Crippen LogP contribution in [0.3, 0.4) is 0 Å². The van der Waals surface area contributed by atoms with Crippen molar-refractivity contribution in [1.82, 2.24) is 5.32 Å². The number of ether oxygens (including phenoxy) is 1. The predicted molar refractivity (Wildman–Crippen MR) is 51.3 cm³/mol. The minimum absolute atomic E-state index is 0.605. The highest BCUT2D eigenvalue weighted by atomic mass is 16.5. The van der Waals surface area contributed by atoms with E-state index >= 15 is 0 Å². The molecule has 1 N–H and O–H groups in total. The summed E-state index contributed by atoms with van der Waals surface area (Å²) < 4.78 is 5.50. The van der Waals surface area contributed by atoms with E-state index in [0.29, 0.717) is 6.04 Å². The first kappa shape index (κ1) is 10.0. The van der Waals surface area contributed by atoms with Crippen LogP contribution in [0.15, 0.2) is 0 Å². The van der Waals surface area contributed by atoms with Crippen molar-refractivity contribution < 1.29 is 4.74 Å². The lowest BCUT2D eigenvalue weighted by Crippen LogP contribution is -2.24. The molecule has 0 spiro atoms. The van der Waals surface area contributed by atoms with Gasteiger partial charge in [0.2, 0.25) is 0 Å². The second-order valence-corrected chi connectivity index (χ2v) is 3.98. The van der Waals surface area contributed by atoms with Crippen LogP contribution in [0.2, 0.25) is 0 Å². The van der Waals surface area contributed by atoms with Crippen LogP contribution in [0.25, 0.3) is 0 Å². The van der Waals surface area contributed by atoms with Crippen LogP contribution >= 0.6 is 0 Å². The first-order valence-electron chi connectivity index (χ1n) is 5.10. The summed E-state index contributed by atoms with van der Waals surface area (Å²) in [6.07, 6.45) is 3.93. The lowest BCUT2D eigenvalue weighted by molar-refractivity contribution is 0.121. The zero-order chi connectivity index (χ0) is 8.81. The summed E-state index contributed by atoms with van der Waals surface area (Å²) in [7, 11) is 0. The second-order valence-electron chi connectivity index (χ2n) is 3.98. The van der Waals surface area contributed by atoms with E-state index in [-0.39, 0.29) is 0 Å². The Balaban J connectivity index is 1.70. The molecule has 0 saturated heterocycles. The Hall–Kier alpha value is -0.0800. The van der Waals surface area contributed by atoms with Gasteiger partial charge in [-0.1, -0.05) is 13.8 Å². The molecule has 0 aromatic rings. The van der Waals surface area contributed by atoms with E-state index in [0.717, 1.165) is 32.1 Å². The van der Waals surface area contributed by atoms with Crippen molar-refractivity contribution in [3.05, 3.63) is 0 Å². The van der Waals surface area contributed by atoms with Crippen molar-refractivity contribution in [3.8, 4) is 0 Å². The highest BCUT2D eigenvalue weighted by molar-refractivity contribution is 4.71. The van der Waals surface area contributed by atoms with Gasteiger partial charge >= 0.3 is 0 Å². The number of rotatable bonds is 7. The van der Waals surface area contributed by atoms with Gasteiger partial charge in [-0.25, -0.2) is 0 Å². The Morgan fingerprint density at radius 2 is 2.17 bits per heavy atom. The molecular weight excluding hydrogens is 150 g/mol. The molecule has 0 heterocycles. The molecule has 1 fully saturated rings. The quantitative estimate of drug-likeness (QED) is 0.590. The standard InChI is InChI=1S/C10H21NO/c1-9(2)11-6-3-7-12-8-10-4-5-10/h9-11H,3-8H2,1-2H3. The largest absolute Gasteiger partial charge is 0.381 e. The van der Waals surface area contributed by atoms with Gasteiger partial charge in [0.1, 0.15) is 0 Å². The summed E-state index contributed by atoms with van der Waals surface area (Å²) in [5.74, 6) is 0.906. The van der Waals surface area contributed by atoms with Gasteiger partial charge in [0, 0.05) is 19.3 Å². The smallest absolute Gasteiger partial charge is 0.0494 e. The van der Waals surface area contributed by atoms with E-state index < -0.39 is 0 Å². The summed E-state index contributed by atoms with van der Waals surface area (Å²) >= 11 is 0. The lowest BCUT2D eigenvalue weighted by Gasteiger charge is -2.07. The molecule has 12 heavy (non-hydrogen) atoms. The normalized spacial score (nSPS) is 17.2. The Morgan fingerprint density at radius 1 is 1.42 bits per heavy atom. The van der Waals surface area contributed by atoms with Gasteiger partial charge < -0.3 is 10.1 Å². The first-order chi connectivity index (χ1) is 5.79. The van der Waals surface area contributed by atoms with Gasteiger partial charge in [0.05, 0.1) is 0 Å². The van der Waals surface area contributed by atoms with Gasteiger partial charge in [-0.05, 0) is 31.7 Å². The van der Waals surface area contributed by atoms with E-state index in [4.69, 9.17) is 4.74 Å². The summed E-state index contributed by atoms with van der Waals surface area (Å²) in [6.45, 7) is 7.36. The van der Waals surface area contributed by atoms with E-state index in [1.165, 1.54) is 12.8 Å². The number of nitrogens with one attached hydrogen (secondary N) is 1. The van der Waals surface area contributed by atoms with Crippen LogP contribution in [0, 0.1) is 5.92 Å². The molecule has 1 aliphatic carbocycles. The van der Waals surface area contributed by atoms with Crippen molar-refractivity contribution in [1.29, 1.82) is 0 Å². The van der Waals surface area contributed by atoms with Gasteiger partial charge in [0.15, 0.2) is 0 Å². The Morgan fingerprint density at radius 3 is 2.75 bits per heavy atom. The van der Waals surface area contributed by atoms with Crippen molar-refractivity contribution in [3.63, 3.8) is 0 Å². The van der Waals surface area contributed by atoms with Crippen LogP contribution in [-0.2, 0) is 4.74 Å². The first-order valence-corrected chi connectivity index (χ1v) is 5.10. The third kappa shape index (κ3) is 5.56. The molecule has 0 atom stereocenters. The number of hydrogen-bond donors (Lipinski definition) is 1. The zero-order valence-electron chi connectivity index (χ0n) is 8.31. The van der Waals surface area contributed by atoms with Crippen LogP contribution in [0.1, 0.15) is 33.1 Å². The van der Waals surface area contributed by atoms with Crippen LogP contribution < -0.4 is 5.32 Å². The summed E-state index contributed by atoms with van der Waals surface area (Å²) in [5.41, 5.74) is 0. The van der Waals surface area contributed by atoms with Crippen molar-refractivity contribution >= 4 is 0 Å². The fourth-order valence-electron chi connectivity index (χ4n) is 1.10. The monoisotopic (exact) mass is 171 g/mol. The van der Waals surface area contributed by atoms with Gasteiger partial charge in [-0.3, -0.25) is 0 Å². The van der Waals surface area contributed by atoms with Gasteiger partial charge in [-0.2, -0.15) is 0 Å². The molecule has 2 heteroatoms. The molecule has 1 rings (SSSR count). The maximum Gasteiger partial charge on any atom is 0.0494 e. The summed E-state index contributed by atoms with van der Waals surface area (Å²) in [4.78, 5) is 0. The van der Waals surface area contributed by atoms with Gasteiger partial charge in [-0.15, -0.1) is 0 Å². The molecule has 0 aromatic carbocycles. The van der Waals surface area contributed by atoms with E-state index in [1.807, 2.05) is 0 Å². The second kappa shape index (κ2) is 5.55. The molecule has 2 nitrogen and oxygen atoms in total. The molecule has 0 unspecified atom stereocenters. The third-order valence-electron chi connectivity index (χ3n) is 2.07. The van der Waals surface area contributed by atoms with Crippen LogP contribution in [0.4, 0.5) is 0 Å². The molecule has 0 aromatic heterocycles. The minimum atomic E-state index is 0.605. The lowest BCUT2D eigenvalue weighted by atomic mass is 10.3. The predicted octanol–water partition coefficient (Wildman–Crippen LogP) is 1.80. The van der Waals surface area contributed by atoms with Gasteiger partial charge in [0.25, 0.3) is 0 Å². The molecular formula is C10H21NO. The Labute approximate surface area is 75.7 Å². The highest BCUT2D eigenvalue weighted by Crippen LogP contribution is 2.28. The maximum absolute atomic E-state index is 5.50. The van der Waals surface area contributed by atoms with E-state index in [9.17, 15) is 0 Å². The Bertz CT molecular complexity index is 104. The molecule has 0 amide bonds. The average Bonchev–Trinajstić information content (AvgIpc) is 2.79. The van der Waals surface area contributed by atoms with Crippen molar-refractivity contribution in [2.75, 3.05) is 19.8 Å².